The van der Waals surface area contributed by atoms with E-state index < -0.39 is 10.1 Å². The molecule has 1 unspecified atom stereocenters. The van der Waals surface area contributed by atoms with Crippen LogP contribution in [0.2, 0.25) is 10.0 Å². The SMILES string of the molecule is O=C1/C(=C/c2ccc([N+](=O)[O-])cc2)SC23ON=C(c4c(Cl)cccc4Cl)N2CCCN13. The van der Waals surface area contributed by atoms with E-state index in [1.54, 1.807) is 41.3 Å². The molecular formula is C20H14Cl2N4O4S. The lowest BCUT2D eigenvalue weighted by atomic mass is 10.1. The lowest BCUT2D eigenvalue weighted by Gasteiger charge is -2.42. The number of thioether (sulfide) groups is 1. The second kappa shape index (κ2) is 7.44. The van der Waals surface area contributed by atoms with Gasteiger partial charge in [0.15, 0.2) is 5.84 Å². The summed E-state index contributed by atoms with van der Waals surface area (Å²) in [5.74, 6) is 0.298. The summed E-state index contributed by atoms with van der Waals surface area (Å²) in [6, 6.07) is 11.2. The molecule has 3 heterocycles. The molecule has 1 atom stereocenters. The highest BCUT2D eigenvalue weighted by Gasteiger charge is 2.62. The van der Waals surface area contributed by atoms with Crippen LogP contribution in [-0.2, 0) is 9.63 Å². The monoisotopic (exact) mass is 476 g/mol. The second-order valence-electron chi connectivity index (χ2n) is 7.07. The second-order valence-corrected chi connectivity index (χ2v) is 9.06. The lowest BCUT2D eigenvalue weighted by Crippen LogP contribution is -2.60. The third kappa shape index (κ3) is 3.15. The number of amidine groups is 1. The van der Waals surface area contributed by atoms with Crippen molar-refractivity contribution in [2.45, 2.75) is 11.6 Å². The normalized spacial score (nSPS) is 23.5. The maximum atomic E-state index is 13.2. The minimum Gasteiger partial charge on any atom is -0.332 e. The van der Waals surface area contributed by atoms with Crippen LogP contribution in [0.15, 0.2) is 52.5 Å². The molecule has 0 bridgehead atoms. The molecule has 8 nitrogen and oxygen atoms in total. The molecule has 0 N–H and O–H groups in total. The summed E-state index contributed by atoms with van der Waals surface area (Å²) < 4.78 is 0. The van der Waals surface area contributed by atoms with Crippen LogP contribution in [0, 0.1) is 10.1 Å². The van der Waals surface area contributed by atoms with Crippen LogP contribution in [0.3, 0.4) is 0 Å². The summed E-state index contributed by atoms with van der Waals surface area (Å²) in [7, 11) is 0. The predicted octanol–water partition coefficient (Wildman–Crippen LogP) is 4.53. The molecule has 2 aromatic carbocycles. The molecule has 0 radical (unpaired) electrons. The van der Waals surface area contributed by atoms with Gasteiger partial charge in [0.2, 0.25) is 0 Å². The number of non-ortho nitro benzene ring substituents is 1. The van der Waals surface area contributed by atoms with Gasteiger partial charge in [0.05, 0.1) is 25.4 Å². The van der Waals surface area contributed by atoms with E-state index in [-0.39, 0.29) is 11.6 Å². The van der Waals surface area contributed by atoms with E-state index in [2.05, 4.69) is 5.16 Å². The number of carbonyl (C=O) groups excluding carboxylic acids is 1. The van der Waals surface area contributed by atoms with Crippen molar-refractivity contribution in [3.63, 3.8) is 0 Å². The van der Waals surface area contributed by atoms with E-state index in [0.717, 1.165) is 6.42 Å². The highest BCUT2D eigenvalue weighted by molar-refractivity contribution is 8.05. The molecule has 31 heavy (non-hydrogen) atoms. The first kappa shape index (κ1) is 20.2. The van der Waals surface area contributed by atoms with Crippen molar-refractivity contribution in [1.82, 2.24) is 9.80 Å². The van der Waals surface area contributed by atoms with Crippen LogP contribution in [0.5, 0.6) is 0 Å². The minimum atomic E-state index is -1.14. The van der Waals surface area contributed by atoms with Gasteiger partial charge >= 0.3 is 5.18 Å². The van der Waals surface area contributed by atoms with Gasteiger partial charge < -0.3 is 4.84 Å². The number of carbonyl (C=O) groups is 1. The van der Waals surface area contributed by atoms with Crippen molar-refractivity contribution in [1.29, 1.82) is 0 Å². The van der Waals surface area contributed by atoms with E-state index in [4.69, 9.17) is 28.0 Å². The zero-order valence-electron chi connectivity index (χ0n) is 15.8. The van der Waals surface area contributed by atoms with Crippen molar-refractivity contribution in [3.8, 4) is 0 Å². The van der Waals surface area contributed by atoms with Crippen molar-refractivity contribution in [3.05, 3.63) is 78.7 Å². The van der Waals surface area contributed by atoms with Gasteiger partial charge in [0.1, 0.15) is 0 Å². The van der Waals surface area contributed by atoms with Gasteiger partial charge in [-0.25, -0.2) is 0 Å². The van der Waals surface area contributed by atoms with Gasteiger partial charge in [-0.2, -0.15) is 0 Å². The summed E-state index contributed by atoms with van der Waals surface area (Å²) in [6.45, 7) is 1.13. The molecule has 3 aliphatic rings. The first-order valence-corrected chi connectivity index (χ1v) is 10.9. The summed E-state index contributed by atoms with van der Waals surface area (Å²) in [4.78, 5) is 33.4. The highest BCUT2D eigenvalue weighted by atomic mass is 35.5. The predicted molar refractivity (Wildman–Crippen MR) is 119 cm³/mol. The first-order chi connectivity index (χ1) is 14.9. The Labute approximate surface area is 191 Å². The van der Waals surface area contributed by atoms with Crippen LogP contribution < -0.4 is 0 Å². The molecule has 2 fully saturated rings. The molecule has 0 aromatic heterocycles. The number of hydrogen-bond acceptors (Lipinski definition) is 7. The Bertz CT molecular complexity index is 1150. The Morgan fingerprint density at radius 1 is 1.13 bits per heavy atom. The molecule has 1 amide bonds. The van der Waals surface area contributed by atoms with E-state index in [1.807, 2.05) is 4.90 Å². The zero-order chi connectivity index (χ0) is 21.8. The van der Waals surface area contributed by atoms with Crippen LogP contribution in [0.25, 0.3) is 6.08 Å². The van der Waals surface area contributed by atoms with Crippen LogP contribution in [0.4, 0.5) is 5.69 Å². The fourth-order valence-corrected chi connectivity index (χ4v) is 5.70. The molecule has 5 rings (SSSR count). The molecular weight excluding hydrogens is 463 g/mol. The quantitative estimate of drug-likeness (QED) is 0.367. The topological polar surface area (TPSA) is 88.3 Å². The van der Waals surface area contributed by atoms with Crippen LogP contribution in [0.1, 0.15) is 17.5 Å². The fourth-order valence-electron chi connectivity index (χ4n) is 3.81. The van der Waals surface area contributed by atoms with Crippen LogP contribution >= 0.6 is 35.0 Å². The molecule has 2 saturated heterocycles. The highest BCUT2D eigenvalue weighted by Crippen LogP contribution is 2.53. The third-order valence-electron chi connectivity index (χ3n) is 5.24. The van der Waals surface area contributed by atoms with E-state index in [9.17, 15) is 14.9 Å². The van der Waals surface area contributed by atoms with Gasteiger partial charge in [-0.05, 0) is 54.1 Å². The fraction of sp³-hybridized carbons (Fsp3) is 0.200. The summed E-state index contributed by atoms with van der Waals surface area (Å²) >= 11 is 14.0. The van der Waals surface area contributed by atoms with Gasteiger partial charge in [0, 0.05) is 25.2 Å². The van der Waals surface area contributed by atoms with Crippen molar-refractivity contribution in [2.24, 2.45) is 5.16 Å². The molecule has 158 valence electrons. The number of nitrogens with zero attached hydrogens (tertiary/aromatic N) is 4. The first-order valence-electron chi connectivity index (χ1n) is 9.36. The standard InChI is InChI=1S/C20H14Cl2N4O4S/c21-14-3-1-4-15(22)17(14)18-23-30-20-24(18)9-2-10-25(20)19(27)16(31-20)11-12-5-7-13(8-6-12)26(28)29/h1,3-8,11H,2,9-10H2/b16-11-. The van der Waals surface area contributed by atoms with Crippen molar-refractivity contribution in [2.75, 3.05) is 13.1 Å². The molecule has 11 heteroatoms. The Balaban J connectivity index is 1.49. The van der Waals surface area contributed by atoms with E-state index in [1.165, 1.54) is 23.9 Å². The third-order valence-corrected chi connectivity index (χ3v) is 7.16. The summed E-state index contributed by atoms with van der Waals surface area (Å²) in [5.41, 5.74) is 1.23. The Morgan fingerprint density at radius 2 is 1.81 bits per heavy atom. The number of rotatable bonds is 3. The number of halogens is 2. The Kier molecular flexibility index (Phi) is 4.84. The zero-order valence-corrected chi connectivity index (χ0v) is 18.2. The number of nitro groups is 1. The van der Waals surface area contributed by atoms with Gasteiger partial charge in [-0.3, -0.25) is 24.7 Å². The average Bonchev–Trinajstić information content (AvgIpc) is 3.24. The summed E-state index contributed by atoms with van der Waals surface area (Å²) in [6.07, 6.45) is 2.43. The van der Waals surface area contributed by atoms with Crippen molar-refractivity contribution >= 4 is 58.5 Å². The lowest BCUT2D eigenvalue weighted by molar-refractivity contribution is -0.384. The molecule has 0 saturated carbocycles. The van der Waals surface area contributed by atoms with Gasteiger partial charge in [-0.15, -0.1) is 0 Å². The number of amides is 1. The Hall–Kier alpha value is -2.75. The largest absolute Gasteiger partial charge is 0.348 e. The molecule has 0 aliphatic carbocycles. The molecule has 2 aromatic rings. The van der Waals surface area contributed by atoms with Gasteiger partial charge in [0.25, 0.3) is 11.6 Å². The summed E-state index contributed by atoms with van der Waals surface area (Å²) in [5, 5.41) is 14.9. The average molecular weight is 477 g/mol. The van der Waals surface area contributed by atoms with Crippen molar-refractivity contribution < 1.29 is 14.6 Å². The Morgan fingerprint density at radius 3 is 2.48 bits per heavy atom. The number of nitro benzene ring substituents is 1. The van der Waals surface area contributed by atoms with E-state index in [0.29, 0.717) is 45.0 Å². The molecule has 1 spiro atoms. The maximum Gasteiger partial charge on any atom is 0.348 e. The molecule has 3 aliphatic heterocycles. The maximum absolute atomic E-state index is 13.2. The minimum absolute atomic E-state index is 0.0106. The van der Waals surface area contributed by atoms with E-state index >= 15 is 0 Å². The number of benzene rings is 2. The smallest absolute Gasteiger partial charge is 0.332 e. The number of oxime groups is 1. The number of hydrogen-bond donors (Lipinski definition) is 0. The van der Waals surface area contributed by atoms with Gasteiger partial charge in [-0.1, -0.05) is 34.4 Å². The van der Waals surface area contributed by atoms with Crippen LogP contribution in [-0.4, -0.2) is 44.7 Å².